The Morgan fingerprint density at radius 2 is 2.11 bits per heavy atom. The first kappa shape index (κ1) is 16.3. The Morgan fingerprint density at radius 3 is 2.67 bits per heavy atom. The van der Waals surface area contributed by atoms with E-state index in [1.165, 1.54) is 11.3 Å². The Hall–Kier alpha value is 0.250. The zero-order valence-corrected chi connectivity index (χ0v) is 14.3. The van der Waals surface area contributed by atoms with Gasteiger partial charge in [-0.05, 0) is 70.8 Å². The highest BCUT2D eigenvalue weighted by Gasteiger charge is 2.15. The Morgan fingerprint density at radius 1 is 1.39 bits per heavy atom. The van der Waals surface area contributed by atoms with Crippen LogP contribution in [-0.2, 0) is 0 Å². The van der Waals surface area contributed by atoms with E-state index in [1.807, 2.05) is 18.0 Å². The van der Waals surface area contributed by atoms with Gasteiger partial charge in [0.05, 0.1) is 14.1 Å². The Balaban J connectivity index is 2.37. The quantitative estimate of drug-likeness (QED) is 0.537. The Labute approximate surface area is 128 Å². The number of aliphatic hydroxyl groups is 1. The molecular formula is C12H17Br2NO2S. The van der Waals surface area contributed by atoms with Crippen LogP contribution in [0.4, 0.5) is 0 Å². The Kier molecular flexibility index (Phi) is 7.63. The predicted molar refractivity (Wildman–Crippen MR) is 82.5 cm³/mol. The SMILES string of the molecule is CN(CCCCCO)CC(=O)c1cc(Br)sc1Br. The number of aliphatic hydroxyl groups excluding tert-OH is 1. The maximum absolute atomic E-state index is 12.1. The van der Waals surface area contributed by atoms with Crippen LogP contribution < -0.4 is 0 Å². The van der Waals surface area contributed by atoms with Gasteiger partial charge in [0, 0.05) is 12.2 Å². The average Bonchev–Trinajstić information content (AvgIpc) is 2.64. The van der Waals surface area contributed by atoms with Gasteiger partial charge in [-0.15, -0.1) is 11.3 Å². The van der Waals surface area contributed by atoms with Crippen molar-refractivity contribution in [1.29, 1.82) is 0 Å². The molecule has 0 spiro atoms. The van der Waals surface area contributed by atoms with Gasteiger partial charge in [-0.3, -0.25) is 9.69 Å². The van der Waals surface area contributed by atoms with Gasteiger partial charge < -0.3 is 5.11 Å². The number of thiophene rings is 1. The number of nitrogens with zero attached hydrogens (tertiary/aromatic N) is 1. The lowest BCUT2D eigenvalue weighted by Gasteiger charge is -2.15. The summed E-state index contributed by atoms with van der Waals surface area (Å²) in [4.78, 5) is 14.1. The molecule has 0 unspecified atom stereocenters. The van der Waals surface area contributed by atoms with Crippen molar-refractivity contribution < 1.29 is 9.90 Å². The molecule has 1 aromatic heterocycles. The van der Waals surface area contributed by atoms with E-state index >= 15 is 0 Å². The molecule has 102 valence electrons. The standard InChI is InChI=1S/C12H17Br2NO2S/c1-15(5-3-2-4-6-16)8-10(17)9-7-11(13)18-12(9)14/h7,16H,2-6,8H2,1H3. The second kappa shape index (κ2) is 8.43. The van der Waals surface area contributed by atoms with E-state index in [2.05, 4.69) is 31.9 Å². The number of Topliss-reactive ketones (excluding diaryl/α,β-unsaturated/α-hetero) is 1. The van der Waals surface area contributed by atoms with Gasteiger partial charge in [0.1, 0.15) is 0 Å². The highest BCUT2D eigenvalue weighted by molar-refractivity contribution is 9.12. The van der Waals surface area contributed by atoms with Crippen molar-refractivity contribution >= 4 is 49.0 Å². The summed E-state index contributed by atoms with van der Waals surface area (Å²) in [6.45, 7) is 1.56. The lowest BCUT2D eigenvalue weighted by Crippen LogP contribution is -2.27. The lowest BCUT2D eigenvalue weighted by molar-refractivity contribution is 0.0944. The molecule has 0 aliphatic heterocycles. The zero-order valence-electron chi connectivity index (χ0n) is 10.3. The number of likely N-dealkylation sites (N-methyl/N-ethyl adjacent to an activating group) is 1. The van der Waals surface area contributed by atoms with Crippen molar-refractivity contribution in [3.05, 3.63) is 19.2 Å². The van der Waals surface area contributed by atoms with Gasteiger partial charge in [0.2, 0.25) is 0 Å². The van der Waals surface area contributed by atoms with Crippen LogP contribution >= 0.6 is 43.2 Å². The fraction of sp³-hybridized carbons (Fsp3) is 0.583. The minimum absolute atomic E-state index is 0.133. The second-order valence-corrected chi connectivity index (χ2v) is 7.93. The van der Waals surface area contributed by atoms with Crippen molar-refractivity contribution in [2.24, 2.45) is 0 Å². The molecule has 18 heavy (non-hydrogen) atoms. The van der Waals surface area contributed by atoms with E-state index < -0.39 is 0 Å². The number of hydrogen-bond acceptors (Lipinski definition) is 4. The number of carbonyl (C=O) groups excluding carboxylic acids is 1. The minimum atomic E-state index is 0.133. The van der Waals surface area contributed by atoms with Gasteiger partial charge in [-0.1, -0.05) is 0 Å². The lowest BCUT2D eigenvalue weighted by atomic mass is 10.2. The van der Waals surface area contributed by atoms with E-state index in [9.17, 15) is 4.79 Å². The van der Waals surface area contributed by atoms with E-state index in [0.29, 0.717) is 6.54 Å². The van der Waals surface area contributed by atoms with E-state index in [-0.39, 0.29) is 12.4 Å². The first-order valence-electron chi connectivity index (χ1n) is 5.82. The van der Waals surface area contributed by atoms with Gasteiger partial charge in [0.15, 0.2) is 5.78 Å². The van der Waals surface area contributed by atoms with Crippen LogP contribution in [0.3, 0.4) is 0 Å². The Bertz CT molecular complexity index is 395. The molecule has 3 nitrogen and oxygen atoms in total. The summed E-state index contributed by atoms with van der Waals surface area (Å²) < 4.78 is 1.84. The molecule has 1 N–H and O–H groups in total. The molecule has 0 aliphatic rings. The molecule has 0 fully saturated rings. The molecule has 1 aromatic rings. The molecule has 0 saturated heterocycles. The summed E-state index contributed by atoms with van der Waals surface area (Å²) in [7, 11) is 1.95. The van der Waals surface area contributed by atoms with E-state index in [0.717, 1.165) is 38.9 Å². The number of unbranched alkanes of at least 4 members (excludes halogenated alkanes) is 2. The fourth-order valence-electron chi connectivity index (χ4n) is 1.61. The number of ketones is 1. The molecule has 0 aromatic carbocycles. The number of carbonyl (C=O) groups is 1. The molecule has 1 rings (SSSR count). The average molecular weight is 399 g/mol. The third-order valence-electron chi connectivity index (χ3n) is 2.57. The molecule has 0 bridgehead atoms. The number of rotatable bonds is 8. The number of halogens is 2. The highest BCUT2D eigenvalue weighted by Crippen LogP contribution is 2.32. The maximum Gasteiger partial charge on any atom is 0.178 e. The summed E-state index contributed by atoms with van der Waals surface area (Å²) in [6.07, 6.45) is 2.85. The first-order valence-corrected chi connectivity index (χ1v) is 8.22. The number of hydrogen-bond donors (Lipinski definition) is 1. The van der Waals surface area contributed by atoms with Gasteiger partial charge in [0.25, 0.3) is 0 Å². The summed E-state index contributed by atoms with van der Waals surface area (Å²) >= 11 is 8.29. The third kappa shape index (κ3) is 5.48. The molecule has 0 atom stereocenters. The zero-order chi connectivity index (χ0) is 13.5. The molecule has 0 radical (unpaired) electrons. The van der Waals surface area contributed by atoms with Crippen LogP contribution in [0.1, 0.15) is 29.6 Å². The van der Waals surface area contributed by atoms with E-state index in [4.69, 9.17) is 5.11 Å². The van der Waals surface area contributed by atoms with Gasteiger partial charge in [-0.25, -0.2) is 0 Å². The van der Waals surface area contributed by atoms with Crippen LogP contribution in [0, 0.1) is 0 Å². The van der Waals surface area contributed by atoms with E-state index in [1.54, 1.807) is 0 Å². The topological polar surface area (TPSA) is 40.5 Å². The van der Waals surface area contributed by atoms with Crippen LogP contribution in [0.15, 0.2) is 13.6 Å². The highest BCUT2D eigenvalue weighted by atomic mass is 79.9. The summed E-state index contributed by atoms with van der Waals surface area (Å²) in [5.74, 6) is 0.133. The monoisotopic (exact) mass is 397 g/mol. The fourth-order valence-corrected chi connectivity index (χ4v) is 4.47. The van der Waals surface area contributed by atoms with Crippen molar-refractivity contribution in [2.45, 2.75) is 19.3 Å². The van der Waals surface area contributed by atoms with Crippen LogP contribution in [0.25, 0.3) is 0 Å². The minimum Gasteiger partial charge on any atom is -0.396 e. The normalized spacial score (nSPS) is 11.2. The van der Waals surface area contributed by atoms with Crippen molar-refractivity contribution in [1.82, 2.24) is 4.90 Å². The van der Waals surface area contributed by atoms with Crippen LogP contribution in [0.2, 0.25) is 0 Å². The summed E-state index contributed by atoms with van der Waals surface area (Å²) in [6, 6.07) is 1.86. The third-order valence-corrected chi connectivity index (χ3v) is 4.91. The predicted octanol–water partition coefficient (Wildman–Crippen LogP) is 3.55. The maximum atomic E-state index is 12.1. The van der Waals surface area contributed by atoms with Gasteiger partial charge >= 0.3 is 0 Å². The summed E-state index contributed by atoms with van der Waals surface area (Å²) in [5, 5.41) is 8.68. The molecular weight excluding hydrogens is 382 g/mol. The molecule has 0 amide bonds. The van der Waals surface area contributed by atoms with Crippen molar-refractivity contribution in [3.63, 3.8) is 0 Å². The van der Waals surface area contributed by atoms with Crippen molar-refractivity contribution in [3.8, 4) is 0 Å². The molecule has 1 heterocycles. The molecule has 0 aliphatic carbocycles. The van der Waals surface area contributed by atoms with Crippen LogP contribution in [-0.4, -0.2) is 42.5 Å². The van der Waals surface area contributed by atoms with Gasteiger partial charge in [-0.2, -0.15) is 0 Å². The largest absolute Gasteiger partial charge is 0.396 e. The summed E-state index contributed by atoms with van der Waals surface area (Å²) in [5.41, 5.74) is 0.745. The van der Waals surface area contributed by atoms with Crippen LogP contribution in [0.5, 0.6) is 0 Å². The smallest absolute Gasteiger partial charge is 0.178 e. The first-order chi connectivity index (χ1) is 8.54. The van der Waals surface area contributed by atoms with Crippen molar-refractivity contribution in [2.75, 3.05) is 26.7 Å². The molecule has 0 saturated carbocycles. The molecule has 6 heteroatoms. The second-order valence-electron chi connectivity index (χ2n) is 4.18.